The molecule has 1 aromatic carbocycles. The summed E-state index contributed by atoms with van der Waals surface area (Å²) in [5, 5.41) is 10.8. The predicted octanol–water partition coefficient (Wildman–Crippen LogP) is 2.16. The van der Waals surface area contributed by atoms with E-state index in [1.165, 1.54) is 12.1 Å². The number of aromatic nitrogens is 1. The van der Waals surface area contributed by atoms with Crippen LogP contribution in [0.5, 0.6) is 0 Å². The van der Waals surface area contributed by atoms with E-state index in [2.05, 4.69) is 0 Å². The number of benzene rings is 1. The van der Waals surface area contributed by atoms with Gasteiger partial charge in [0.15, 0.2) is 0 Å². The fraction of sp³-hybridized carbons (Fsp3) is 0.471. The summed E-state index contributed by atoms with van der Waals surface area (Å²) in [7, 11) is 1.83. The van der Waals surface area contributed by atoms with Crippen LogP contribution in [0.3, 0.4) is 0 Å². The summed E-state index contributed by atoms with van der Waals surface area (Å²) in [6.07, 6.45) is 1.73. The molecule has 1 aliphatic carbocycles. The summed E-state index contributed by atoms with van der Waals surface area (Å²) < 4.78 is 15.2. The van der Waals surface area contributed by atoms with Crippen molar-refractivity contribution in [2.24, 2.45) is 18.9 Å². The van der Waals surface area contributed by atoms with E-state index < -0.39 is 0 Å². The summed E-state index contributed by atoms with van der Waals surface area (Å²) in [6, 6.07) is 6.32. The number of carbonyl (C=O) groups is 1. The monoisotopic (exact) mass is 302 g/mol. The van der Waals surface area contributed by atoms with Gasteiger partial charge in [-0.15, -0.1) is 0 Å². The molecule has 116 valence electrons. The summed E-state index contributed by atoms with van der Waals surface area (Å²) in [5.74, 6) is 0.0869. The molecule has 1 N–H and O–H groups in total. The first-order chi connectivity index (χ1) is 10.5. The first-order valence-corrected chi connectivity index (χ1v) is 7.77. The number of aliphatic hydroxyl groups is 1. The maximum Gasteiger partial charge on any atom is 0.270 e. The van der Waals surface area contributed by atoms with Crippen molar-refractivity contribution in [2.45, 2.75) is 18.9 Å². The molecule has 1 saturated carbocycles. The van der Waals surface area contributed by atoms with E-state index in [4.69, 9.17) is 0 Å². The zero-order valence-corrected chi connectivity index (χ0v) is 12.5. The highest BCUT2D eigenvalue weighted by molar-refractivity contribution is 5.98. The topological polar surface area (TPSA) is 45.5 Å². The third-order valence-corrected chi connectivity index (χ3v) is 5.29. The maximum atomic E-state index is 13.4. The molecule has 2 bridgehead atoms. The maximum absolute atomic E-state index is 13.4. The largest absolute Gasteiger partial charge is 0.392 e. The Bertz CT molecular complexity index is 740. The van der Waals surface area contributed by atoms with E-state index in [-0.39, 0.29) is 29.7 Å². The minimum absolute atomic E-state index is 0.0251. The van der Waals surface area contributed by atoms with Crippen LogP contribution in [0, 0.1) is 17.7 Å². The van der Waals surface area contributed by atoms with E-state index in [9.17, 15) is 14.3 Å². The van der Waals surface area contributed by atoms with Crippen LogP contribution in [0.25, 0.3) is 10.9 Å². The van der Waals surface area contributed by atoms with Gasteiger partial charge < -0.3 is 14.6 Å². The lowest BCUT2D eigenvalue weighted by atomic mass is 9.95. The SMILES string of the molecule is Cn1c(C(=O)N2C[C@H]3CC[C@@H](C2)C3O)cc2cc(F)ccc21. The van der Waals surface area contributed by atoms with Crippen LogP contribution in [-0.2, 0) is 7.05 Å². The van der Waals surface area contributed by atoms with Crippen molar-refractivity contribution in [3.63, 3.8) is 0 Å². The molecule has 1 amide bonds. The molecule has 1 unspecified atom stereocenters. The number of likely N-dealkylation sites (tertiary alicyclic amines) is 1. The Hall–Kier alpha value is -1.88. The standard InChI is InChI=1S/C17H19FN2O2/c1-19-14-5-4-13(18)6-12(14)7-15(19)17(22)20-8-10-2-3-11(9-20)16(10)21/h4-7,10-11,16,21H,2-3,8-9H2,1H3/t10-,11+,16?. The summed E-state index contributed by atoms with van der Waals surface area (Å²) >= 11 is 0. The van der Waals surface area contributed by atoms with Crippen LogP contribution < -0.4 is 0 Å². The molecule has 2 aliphatic rings. The Morgan fingerprint density at radius 2 is 1.91 bits per heavy atom. The van der Waals surface area contributed by atoms with Crippen LogP contribution >= 0.6 is 0 Å². The summed E-state index contributed by atoms with van der Waals surface area (Å²) in [4.78, 5) is 14.7. The fourth-order valence-electron chi connectivity index (χ4n) is 4.05. The van der Waals surface area contributed by atoms with Crippen molar-refractivity contribution in [3.8, 4) is 0 Å². The second kappa shape index (κ2) is 4.81. The predicted molar refractivity (Wildman–Crippen MR) is 81.0 cm³/mol. The van der Waals surface area contributed by atoms with Crippen molar-refractivity contribution >= 4 is 16.8 Å². The third kappa shape index (κ3) is 1.96. The smallest absolute Gasteiger partial charge is 0.270 e. The van der Waals surface area contributed by atoms with Crippen molar-refractivity contribution in [2.75, 3.05) is 13.1 Å². The van der Waals surface area contributed by atoms with Crippen molar-refractivity contribution in [1.82, 2.24) is 9.47 Å². The van der Waals surface area contributed by atoms with Crippen LogP contribution in [0.2, 0.25) is 0 Å². The molecule has 1 saturated heterocycles. The van der Waals surface area contributed by atoms with Crippen LogP contribution in [0.15, 0.2) is 24.3 Å². The number of hydrogen-bond donors (Lipinski definition) is 1. The van der Waals surface area contributed by atoms with Crippen LogP contribution in [0.4, 0.5) is 4.39 Å². The minimum Gasteiger partial charge on any atom is -0.392 e. The number of carbonyl (C=O) groups excluding carboxylic acids is 1. The number of aliphatic hydroxyl groups excluding tert-OH is 1. The van der Waals surface area contributed by atoms with Gasteiger partial charge in [-0.05, 0) is 37.1 Å². The summed E-state index contributed by atoms with van der Waals surface area (Å²) in [5.41, 5.74) is 1.43. The molecule has 0 spiro atoms. The van der Waals surface area contributed by atoms with E-state index in [1.807, 2.05) is 16.5 Å². The molecule has 4 rings (SSSR count). The minimum atomic E-state index is -0.295. The van der Waals surface area contributed by atoms with Crippen LogP contribution in [0.1, 0.15) is 23.3 Å². The third-order valence-electron chi connectivity index (χ3n) is 5.29. The highest BCUT2D eigenvalue weighted by Gasteiger charge is 2.42. The number of nitrogens with zero attached hydrogens (tertiary/aromatic N) is 2. The van der Waals surface area contributed by atoms with E-state index in [1.54, 1.807) is 12.1 Å². The lowest BCUT2D eigenvalue weighted by Crippen LogP contribution is -2.47. The molecular formula is C17H19FN2O2. The lowest BCUT2D eigenvalue weighted by molar-refractivity contribution is 0.0162. The molecule has 5 heteroatoms. The number of hydrogen-bond acceptors (Lipinski definition) is 2. The summed E-state index contributed by atoms with van der Waals surface area (Å²) in [6.45, 7) is 1.23. The van der Waals surface area contributed by atoms with Crippen molar-refractivity contribution in [1.29, 1.82) is 0 Å². The first kappa shape index (κ1) is 13.8. The Labute approximate surface area is 128 Å². The average Bonchev–Trinajstić information content (AvgIpc) is 2.90. The van der Waals surface area contributed by atoms with Gasteiger partial charge >= 0.3 is 0 Å². The normalized spacial score (nSPS) is 27.6. The second-order valence-corrected chi connectivity index (χ2v) is 6.59. The Morgan fingerprint density at radius 1 is 1.23 bits per heavy atom. The molecule has 4 nitrogen and oxygen atoms in total. The zero-order valence-electron chi connectivity index (χ0n) is 12.5. The first-order valence-electron chi connectivity index (χ1n) is 7.77. The van der Waals surface area contributed by atoms with Gasteiger partial charge in [0.05, 0.1) is 6.10 Å². The lowest BCUT2D eigenvalue weighted by Gasteiger charge is -2.35. The van der Waals surface area contributed by atoms with Gasteiger partial charge in [-0.3, -0.25) is 4.79 Å². The molecule has 1 aliphatic heterocycles. The molecule has 2 fully saturated rings. The van der Waals surface area contributed by atoms with Gasteiger partial charge in [0.1, 0.15) is 11.5 Å². The number of piperidine rings is 1. The number of rotatable bonds is 1. The molecule has 2 heterocycles. The molecule has 0 radical (unpaired) electrons. The highest BCUT2D eigenvalue weighted by Crippen LogP contribution is 2.37. The molecule has 2 aromatic rings. The molecule has 1 aromatic heterocycles. The number of fused-ring (bicyclic) bond motifs is 3. The van der Waals surface area contributed by atoms with E-state index in [0.29, 0.717) is 18.8 Å². The average molecular weight is 302 g/mol. The van der Waals surface area contributed by atoms with Crippen molar-refractivity contribution in [3.05, 3.63) is 35.8 Å². The van der Waals surface area contributed by atoms with Gasteiger partial charge in [0.25, 0.3) is 5.91 Å². The highest BCUT2D eigenvalue weighted by atomic mass is 19.1. The Kier molecular flexibility index (Phi) is 3.01. The van der Waals surface area contributed by atoms with Crippen LogP contribution in [-0.4, -0.2) is 39.7 Å². The van der Waals surface area contributed by atoms with Crippen molar-refractivity contribution < 1.29 is 14.3 Å². The Balaban J connectivity index is 1.67. The fourth-order valence-corrected chi connectivity index (χ4v) is 4.05. The number of aryl methyl sites for hydroxylation is 1. The zero-order chi connectivity index (χ0) is 15.4. The molecular weight excluding hydrogens is 283 g/mol. The number of halogens is 1. The second-order valence-electron chi connectivity index (χ2n) is 6.59. The van der Waals surface area contributed by atoms with E-state index in [0.717, 1.165) is 23.7 Å². The number of amides is 1. The van der Waals surface area contributed by atoms with E-state index >= 15 is 0 Å². The van der Waals surface area contributed by atoms with Gasteiger partial charge in [0, 0.05) is 42.9 Å². The van der Waals surface area contributed by atoms with Gasteiger partial charge in [0.2, 0.25) is 0 Å². The Morgan fingerprint density at radius 3 is 2.59 bits per heavy atom. The molecule has 22 heavy (non-hydrogen) atoms. The van der Waals surface area contributed by atoms with Gasteiger partial charge in [-0.2, -0.15) is 0 Å². The van der Waals surface area contributed by atoms with Gasteiger partial charge in [-0.25, -0.2) is 4.39 Å². The molecule has 3 atom stereocenters. The van der Waals surface area contributed by atoms with Gasteiger partial charge in [-0.1, -0.05) is 0 Å². The quantitative estimate of drug-likeness (QED) is 0.877.